The van der Waals surface area contributed by atoms with E-state index >= 15 is 0 Å². The lowest BCUT2D eigenvalue weighted by Gasteiger charge is -2.34. The van der Waals surface area contributed by atoms with E-state index in [4.69, 9.17) is 27.9 Å². The van der Waals surface area contributed by atoms with Crippen LogP contribution in [0.15, 0.2) is 6.07 Å². The third kappa shape index (κ3) is 4.44. The van der Waals surface area contributed by atoms with E-state index in [2.05, 4.69) is 12.2 Å². The van der Waals surface area contributed by atoms with E-state index in [9.17, 15) is 9.59 Å². The maximum absolute atomic E-state index is 13.6. The Morgan fingerprint density at radius 2 is 1.97 bits per heavy atom. The molecule has 6 heteroatoms. The van der Waals surface area contributed by atoms with Crippen molar-refractivity contribution >= 4 is 34.9 Å². The van der Waals surface area contributed by atoms with Crippen LogP contribution in [-0.4, -0.2) is 25.3 Å². The van der Waals surface area contributed by atoms with Crippen LogP contribution >= 0.6 is 23.2 Å². The number of nitrogens with one attached hydrogen (secondary N) is 1. The Balaban J connectivity index is 1.84. The highest BCUT2D eigenvalue weighted by atomic mass is 35.5. The number of hydrogen-bond acceptors (Lipinski definition) is 3. The van der Waals surface area contributed by atoms with Gasteiger partial charge in [0.1, 0.15) is 10.8 Å². The first kappa shape index (κ1) is 22.4. The van der Waals surface area contributed by atoms with E-state index in [1.54, 1.807) is 7.05 Å². The number of hydrogen-bond donors (Lipinski definition) is 1. The van der Waals surface area contributed by atoms with Crippen molar-refractivity contribution in [3.8, 4) is 5.75 Å². The number of benzene rings is 1. The van der Waals surface area contributed by atoms with Gasteiger partial charge in [0.05, 0.1) is 11.6 Å². The summed E-state index contributed by atoms with van der Waals surface area (Å²) in [7, 11) is 1.62. The number of rotatable bonds is 9. The van der Waals surface area contributed by atoms with Gasteiger partial charge in [-0.2, -0.15) is 0 Å². The van der Waals surface area contributed by atoms with Gasteiger partial charge in [0.15, 0.2) is 5.78 Å². The van der Waals surface area contributed by atoms with Crippen molar-refractivity contribution in [2.75, 3.05) is 13.7 Å². The van der Waals surface area contributed by atoms with Crippen molar-refractivity contribution in [2.24, 2.45) is 11.3 Å². The molecular weight excluding hydrogens is 409 g/mol. The predicted molar refractivity (Wildman–Crippen MR) is 117 cm³/mol. The molecule has 0 heterocycles. The summed E-state index contributed by atoms with van der Waals surface area (Å²) in [4.78, 5) is 25.0. The number of carbonyl (C=O) groups excluding carboxylic acids is 2. The molecule has 1 aromatic rings. The highest BCUT2D eigenvalue weighted by molar-refractivity contribution is 6.45. The standard InChI is InChI=1S/C23H31Cl2NO3/c1-3-4-11-23(16-8-5-6-9-16)14-15-13-17(29-12-7-10-18(27)26-2)20(24)21(25)19(15)22(23)28/h13,16H,3-12,14H2,1-2H3,(H,26,27). The third-order valence-electron chi connectivity index (χ3n) is 6.64. The fourth-order valence-electron chi connectivity index (χ4n) is 5.06. The van der Waals surface area contributed by atoms with Crippen LogP contribution in [0.3, 0.4) is 0 Å². The van der Waals surface area contributed by atoms with Crippen LogP contribution in [0.25, 0.3) is 0 Å². The second kappa shape index (κ2) is 9.70. The number of ether oxygens (including phenoxy) is 1. The minimum atomic E-state index is -0.334. The summed E-state index contributed by atoms with van der Waals surface area (Å²) < 4.78 is 5.84. The van der Waals surface area contributed by atoms with E-state index in [1.165, 1.54) is 12.8 Å². The molecule has 1 saturated carbocycles. The molecule has 1 fully saturated rings. The Morgan fingerprint density at radius 3 is 2.62 bits per heavy atom. The van der Waals surface area contributed by atoms with Crippen LogP contribution in [0.2, 0.25) is 10.0 Å². The van der Waals surface area contributed by atoms with E-state index in [-0.39, 0.29) is 17.1 Å². The summed E-state index contributed by atoms with van der Waals surface area (Å²) in [5.74, 6) is 1.11. The first-order valence-corrected chi connectivity index (χ1v) is 11.6. The molecule has 1 atom stereocenters. The van der Waals surface area contributed by atoms with Gasteiger partial charge in [-0.15, -0.1) is 0 Å². The van der Waals surface area contributed by atoms with E-state index in [1.807, 2.05) is 6.07 Å². The van der Waals surface area contributed by atoms with Crippen LogP contribution < -0.4 is 10.1 Å². The van der Waals surface area contributed by atoms with Gasteiger partial charge < -0.3 is 10.1 Å². The molecule has 2 aliphatic carbocycles. The zero-order valence-electron chi connectivity index (χ0n) is 17.4. The Labute approximate surface area is 183 Å². The van der Waals surface area contributed by atoms with Gasteiger partial charge in [-0.25, -0.2) is 0 Å². The van der Waals surface area contributed by atoms with E-state index < -0.39 is 0 Å². The third-order valence-corrected chi connectivity index (χ3v) is 7.49. The number of Topliss-reactive ketones (excluding diaryl/α,β-unsaturated/α-hetero) is 1. The predicted octanol–water partition coefficient (Wildman–Crippen LogP) is 6.00. The van der Waals surface area contributed by atoms with Crippen LogP contribution in [0, 0.1) is 11.3 Å². The zero-order chi connectivity index (χ0) is 21.0. The van der Waals surface area contributed by atoms with Gasteiger partial charge in [-0.05, 0) is 49.7 Å². The largest absolute Gasteiger partial charge is 0.492 e. The summed E-state index contributed by atoms with van der Waals surface area (Å²) >= 11 is 13.1. The molecule has 29 heavy (non-hydrogen) atoms. The lowest BCUT2D eigenvalue weighted by Crippen LogP contribution is -2.35. The number of unbranched alkanes of at least 4 members (excludes halogenated alkanes) is 1. The molecule has 0 radical (unpaired) electrons. The highest BCUT2D eigenvalue weighted by Crippen LogP contribution is 2.54. The molecule has 0 spiro atoms. The van der Waals surface area contributed by atoms with Crippen LogP contribution in [0.1, 0.15) is 80.6 Å². The fourth-order valence-corrected chi connectivity index (χ4v) is 5.56. The lowest BCUT2D eigenvalue weighted by molar-refractivity contribution is -0.120. The average Bonchev–Trinajstić information content (AvgIpc) is 3.34. The van der Waals surface area contributed by atoms with Crippen LogP contribution in [0.4, 0.5) is 0 Å². The van der Waals surface area contributed by atoms with Gasteiger partial charge in [0.2, 0.25) is 5.91 Å². The number of amides is 1. The molecule has 4 nitrogen and oxygen atoms in total. The monoisotopic (exact) mass is 439 g/mol. The second-order valence-corrected chi connectivity index (χ2v) is 9.16. The van der Waals surface area contributed by atoms with Crippen molar-refractivity contribution in [1.82, 2.24) is 5.32 Å². The SMILES string of the molecule is CCCCC1(C2CCCC2)Cc2cc(OCCCC(=O)NC)c(Cl)c(Cl)c2C1=O. The molecule has 0 saturated heterocycles. The summed E-state index contributed by atoms with van der Waals surface area (Å²) in [6, 6.07) is 1.91. The molecule has 1 aromatic carbocycles. The van der Waals surface area contributed by atoms with Crippen molar-refractivity contribution in [1.29, 1.82) is 0 Å². The molecule has 0 aromatic heterocycles. The van der Waals surface area contributed by atoms with Crippen LogP contribution in [-0.2, 0) is 11.2 Å². The highest BCUT2D eigenvalue weighted by Gasteiger charge is 2.51. The second-order valence-electron chi connectivity index (χ2n) is 8.41. The molecule has 1 amide bonds. The fraction of sp³-hybridized carbons (Fsp3) is 0.652. The Morgan fingerprint density at radius 1 is 1.24 bits per heavy atom. The van der Waals surface area contributed by atoms with Crippen LogP contribution in [0.5, 0.6) is 5.75 Å². The minimum absolute atomic E-state index is 0.0189. The molecular formula is C23H31Cl2NO3. The number of fused-ring (bicyclic) bond motifs is 1. The molecule has 0 bridgehead atoms. The summed E-state index contributed by atoms with van der Waals surface area (Å²) in [5, 5.41) is 3.22. The summed E-state index contributed by atoms with van der Waals surface area (Å²) in [6.07, 6.45) is 9.41. The average molecular weight is 440 g/mol. The quantitative estimate of drug-likeness (QED) is 0.479. The summed E-state index contributed by atoms with van der Waals surface area (Å²) in [5.41, 5.74) is 1.24. The molecule has 0 aliphatic heterocycles. The van der Waals surface area contributed by atoms with E-state index in [0.29, 0.717) is 46.7 Å². The molecule has 1 unspecified atom stereocenters. The van der Waals surface area contributed by atoms with Gasteiger partial charge in [0, 0.05) is 24.4 Å². The lowest BCUT2D eigenvalue weighted by atomic mass is 9.68. The van der Waals surface area contributed by atoms with Gasteiger partial charge in [-0.1, -0.05) is 55.8 Å². The van der Waals surface area contributed by atoms with Gasteiger partial charge in [0.25, 0.3) is 0 Å². The first-order valence-electron chi connectivity index (χ1n) is 10.8. The molecule has 2 aliphatic rings. The van der Waals surface area contributed by atoms with Crippen molar-refractivity contribution in [2.45, 2.75) is 71.1 Å². The molecule has 3 rings (SSSR count). The zero-order valence-corrected chi connectivity index (χ0v) is 18.9. The topological polar surface area (TPSA) is 55.4 Å². The Kier molecular flexibility index (Phi) is 7.50. The van der Waals surface area contributed by atoms with Crippen molar-refractivity contribution in [3.05, 3.63) is 27.2 Å². The summed E-state index contributed by atoms with van der Waals surface area (Å²) in [6.45, 7) is 2.54. The number of halogens is 2. The van der Waals surface area contributed by atoms with Gasteiger partial charge in [-0.3, -0.25) is 9.59 Å². The number of ketones is 1. The maximum Gasteiger partial charge on any atom is 0.219 e. The Hall–Kier alpha value is -1.26. The number of carbonyl (C=O) groups is 2. The normalized spacial score (nSPS) is 21.4. The van der Waals surface area contributed by atoms with Gasteiger partial charge >= 0.3 is 0 Å². The molecule has 160 valence electrons. The maximum atomic E-state index is 13.6. The van der Waals surface area contributed by atoms with Crippen molar-refractivity contribution < 1.29 is 14.3 Å². The minimum Gasteiger partial charge on any atom is -0.492 e. The smallest absolute Gasteiger partial charge is 0.219 e. The first-order chi connectivity index (χ1) is 13.9. The molecule has 1 N–H and O–H groups in total. The Bertz CT molecular complexity index is 774. The van der Waals surface area contributed by atoms with Crippen molar-refractivity contribution in [3.63, 3.8) is 0 Å². The van der Waals surface area contributed by atoms with E-state index in [0.717, 1.165) is 44.1 Å².